The van der Waals surface area contributed by atoms with Crippen LogP contribution >= 0.6 is 0 Å². The molecule has 0 bridgehead atoms. The maximum absolute atomic E-state index is 12.5. The molecule has 1 saturated heterocycles. The third-order valence-corrected chi connectivity index (χ3v) is 5.17. The van der Waals surface area contributed by atoms with Crippen LogP contribution in [0, 0.1) is 12.8 Å². The molecule has 2 amide bonds. The van der Waals surface area contributed by atoms with Gasteiger partial charge in [0.15, 0.2) is 0 Å². The van der Waals surface area contributed by atoms with Crippen LogP contribution in [0.2, 0.25) is 0 Å². The monoisotopic (exact) mass is 343 g/mol. The molecule has 136 valence electrons. The highest BCUT2D eigenvalue weighted by Gasteiger charge is 2.26. The van der Waals surface area contributed by atoms with Crippen LogP contribution in [0.4, 0.5) is 4.79 Å². The summed E-state index contributed by atoms with van der Waals surface area (Å²) in [4.78, 5) is 14.8. The largest absolute Gasteiger partial charge is 0.459 e. The lowest BCUT2D eigenvalue weighted by molar-refractivity contribution is 0.207. The summed E-state index contributed by atoms with van der Waals surface area (Å²) >= 11 is 0. The van der Waals surface area contributed by atoms with Crippen molar-refractivity contribution in [3.05, 3.63) is 35.6 Å². The highest BCUT2D eigenvalue weighted by atomic mass is 16.3. The zero-order valence-corrected chi connectivity index (χ0v) is 15.6. The van der Waals surface area contributed by atoms with Gasteiger partial charge in [0.2, 0.25) is 0 Å². The molecule has 0 spiro atoms. The molecule has 1 aliphatic heterocycles. The Morgan fingerprint density at radius 3 is 2.56 bits per heavy atom. The number of carbonyl (C=O) groups excluding carboxylic acids is 1. The number of piperidine rings is 1. The first-order chi connectivity index (χ1) is 12.0. The summed E-state index contributed by atoms with van der Waals surface area (Å²) in [7, 11) is 2.12. The third-order valence-electron chi connectivity index (χ3n) is 5.17. The number of hydrogen-bond donors (Lipinski definition) is 2. The maximum Gasteiger partial charge on any atom is 0.315 e. The second kappa shape index (κ2) is 7.48. The molecule has 1 aromatic heterocycles. The number of para-hydroxylation sites is 1. The molecule has 2 heterocycles. The van der Waals surface area contributed by atoms with Crippen molar-refractivity contribution < 1.29 is 9.21 Å². The van der Waals surface area contributed by atoms with Gasteiger partial charge in [0.1, 0.15) is 11.3 Å². The van der Waals surface area contributed by atoms with Gasteiger partial charge in [-0.1, -0.05) is 32.0 Å². The van der Waals surface area contributed by atoms with E-state index in [-0.39, 0.29) is 24.0 Å². The standard InChI is InChI=1S/C20H29N3O2/c1-13(2)18(19-14(3)16-7-5-6-8-17(16)25-19)22-20(24)21-15-9-11-23(4)12-10-15/h5-8,13,15,18H,9-12H2,1-4H3,(H2,21,22,24)/t18-/m0/s1. The smallest absolute Gasteiger partial charge is 0.315 e. The van der Waals surface area contributed by atoms with Crippen LogP contribution in [-0.2, 0) is 0 Å². The number of amides is 2. The van der Waals surface area contributed by atoms with Gasteiger partial charge in [-0.25, -0.2) is 4.79 Å². The highest BCUT2D eigenvalue weighted by Crippen LogP contribution is 2.32. The predicted octanol–water partition coefficient (Wildman–Crippen LogP) is 3.83. The fourth-order valence-electron chi connectivity index (χ4n) is 3.55. The minimum absolute atomic E-state index is 0.104. The van der Waals surface area contributed by atoms with E-state index in [9.17, 15) is 4.79 Å². The Balaban J connectivity index is 1.72. The van der Waals surface area contributed by atoms with E-state index in [0.717, 1.165) is 48.2 Å². The average molecular weight is 343 g/mol. The van der Waals surface area contributed by atoms with E-state index in [1.54, 1.807) is 0 Å². The molecule has 1 aromatic carbocycles. The molecular weight excluding hydrogens is 314 g/mol. The van der Waals surface area contributed by atoms with Crippen molar-refractivity contribution in [1.82, 2.24) is 15.5 Å². The number of nitrogens with one attached hydrogen (secondary N) is 2. The lowest BCUT2D eigenvalue weighted by atomic mass is 9.98. The number of fused-ring (bicyclic) bond motifs is 1. The molecule has 2 aromatic rings. The number of carbonyl (C=O) groups is 1. The normalized spacial score (nSPS) is 17.8. The minimum atomic E-state index is -0.140. The first-order valence-electron chi connectivity index (χ1n) is 9.19. The predicted molar refractivity (Wildman–Crippen MR) is 101 cm³/mol. The molecule has 5 heteroatoms. The van der Waals surface area contributed by atoms with Crippen LogP contribution in [0.3, 0.4) is 0 Å². The van der Waals surface area contributed by atoms with Gasteiger partial charge in [-0.3, -0.25) is 0 Å². The Morgan fingerprint density at radius 1 is 1.24 bits per heavy atom. The number of rotatable bonds is 4. The second-order valence-electron chi connectivity index (χ2n) is 7.50. The Bertz CT molecular complexity index is 730. The molecule has 1 aliphatic rings. The van der Waals surface area contributed by atoms with Crippen molar-refractivity contribution in [2.24, 2.45) is 5.92 Å². The van der Waals surface area contributed by atoms with Gasteiger partial charge in [0.25, 0.3) is 0 Å². The molecule has 0 saturated carbocycles. The van der Waals surface area contributed by atoms with E-state index in [1.807, 2.05) is 18.2 Å². The van der Waals surface area contributed by atoms with E-state index < -0.39 is 0 Å². The van der Waals surface area contributed by atoms with Crippen molar-refractivity contribution in [3.63, 3.8) is 0 Å². The Hall–Kier alpha value is -2.01. The number of urea groups is 1. The van der Waals surface area contributed by atoms with E-state index in [0.29, 0.717) is 0 Å². The molecule has 0 aliphatic carbocycles. The molecule has 25 heavy (non-hydrogen) atoms. The van der Waals surface area contributed by atoms with Gasteiger partial charge in [-0.05, 0) is 51.9 Å². The Labute approximate surface area is 149 Å². The maximum atomic E-state index is 12.5. The molecular formula is C20H29N3O2. The van der Waals surface area contributed by atoms with Crippen molar-refractivity contribution in [1.29, 1.82) is 0 Å². The van der Waals surface area contributed by atoms with Crippen molar-refractivity contribution in [3.8, 4) is 0 Å². The zero-order valence-electron chi connectivity index (χ0n) is 15.6. The Kier molecular flexibility index (Phi) is 5.33. The Morgan fingerprint density at radius 2 is 1.92 bits per heavy atom. The summed E-state index contributed by atoms with van der Waals surface area (Å²) in [6.07, 6.45) is 2.00. The number of likely N-dealkylation sites (tertiary alicyclic amines) is 1. The molecule has 1 atom stereocenters. The topological polar surface area (TPSA) is 57.5 Å². The minimum Gasteiger partial charge on any atom is -0.459 e. The summed E-state index contributed by atoms with van der Waals surface area (Å²) in [5.41, 5.74) is 1.98. The van der Waals surface area contributed by atoms with Crippen LogP contribution in [0.25, 0.3) is 11.0 Å². The molecule has 5 nitrogen and oxygen atoms in total. The molecule has 3 rings (SSSR count). The SMILES string of the molecule is Cc1c([C@@H](NC(=O)NC2CCN(C)CC2)C(C)C)oc2ccccc12. The van der Waals surface area contributed by atoms with Crippen molar-refractivity contribution >= 4 is 17.0 Å². The zero-order chi connectivity index (χ0) is 18.0. The summed E-state index contributed by atoms with van der Waals surface area (Å²) in [6, 6.07) is 8.03. The summed E-state index contributed by atoms with van der Waals surface area (Å²) < 4.78 is 6.08. The fourth-order valence-corrected chi connectivity index (χ4v) is 3.55. The lowest BCUT2D eigenvalue weighted by Crippen LogP contribution is -2.48. The summed E-state index contributed by atoms with van der Waals surface area (Å²) in [5, 5.41) is 7.38. The van der Waals surface area contributed by atoms with E-state index in [2.05, 4.69) is 49.4 Å². The summed E-state index contributed by atoms with van der Waals surface area (Å²) in [6.45, 7) is 8.33. The van der Waals surface area contributed by atoms with Crippen LogP contribution in [0.1, 0.15) is 44.1 Å². The molecule has 0 unspecified atom stereocenters. The van der Waals surface area contributed by atoms with E-state index >= 15 is 0 Å². The van der Waals surface area contributed by atoms with Gasteiger partial charge in [-0.15, -0.1) is 0 Å². The van der Waals surface area contributed by atoms with Crippen molar-refractivity contribution in [2.75, 3.05) is 20.1 Å². The highest BCUT2D eigenvalue weighted by molar-refractivity contribution is 5.82. The van der Waals surface area contributed by atoms with Gasteiger partial charge in [0, 0.05) is 17.0 Å². The molecule has 2 N–H and O–H groups in total. The third kappa shape index (κ3) is 3.98. The first kappa shape index (κ1) is 17.8. The van der Waals surface area contributed by atoms with Crippen LogP contribution in [0.15, 0.2) is 28.7 Å². The molecule has 0 radical (unpaired) electrons. The van der Waals surface area contributed by atoms with Gasteiger partial charge in [-0.2, -0.15) is 0 Å². The lowest BCUT2D eigenvalue weighted by Gasteiger charge is -2.30. The fraction of sp³-hybridized carbons (Fsp3) is 0.550. The number of furan rings is 1. The first-order valence-corrected chi connectivity index (χ1v) is 9.19. The molecule has 1 fully saturated rings. The van der Waals surface area contributed by atoms with Crippen LogP contribution in [0.5, 0.6) is 0 Å². The second-order valence-corrected chi connectivity index (χ2v) is 7.50. The number of hydrogen-bond acceptors (Lipinski definition) is 3. The summed E-state index contributed by atoms with van der Waals surface area (Å²) in [5.74, 6) is 1.09. The van der Waals surface area contributed by atoms with E-state index in [4.69, 9.17) is 4.42 Å². The number of benzene rings is 1. The number of nitrogens with zero attached hydrogens (tertiary/aromatic N) is 1. The van der Waals surface area contributed by atoms with Crippen LogP contribution < -0.4 is 10.6 Å². The van der Waals surface area contributed by atoms with Gasteiger partial charge < -0.3 is 20.0 Å². The van der Waals surface area contributed by atoms with Crippen LogP contribution in [-0.4, -0.2) is 37.1 Å². The average Bonchev–Trinajstić information content (AvgIpc) is 2.91. The van der Waals surface area contributed by atoms with Gasteiger partial charge in [0.05, 0.1) is 6.04 Å². The van der Waals surface area contributed by atoms with Gasteiger partial charge >= 0.3 is 6.03 Å². The quantitative estimate of drug-likeness (QED) is 0.887. The number of aryl methyl sites for hydroxylation is 1. The van der Waals surface area contributed by atoms with Crippen molar-refractivity contribution in [2.45, 2.75) is 45.7 Å². The van der Waals surface area contributed by atoms with E-state index in [1.165, 1.54) is 0 Å².